The zero-order valence-electron chi connectivity index (χ0n) is 11.1. The van der Waals surface area contributed by atoms with Crippen LogP contribution >= 0.6 is 11.6 Å². The molecule has 102 valence electrons. The van der Waals surface area contributed by atoms with E-state index in [0.717, 1.165) is 37.4 Å². The summed E-state index contributed by atoms with van der Waals surface area (Å²) in [4.78, 5) is 0. The maximum atomic E-state index is 6.03. The van der Waals surface area contributed by atoms with E-state index in [9.17, 15) is 0 Å². The summed E-state index contributed by atoms with van der Waals surface area (Å²) >= 11 is 6.03. The van der Waals surface area contributed by atoms with Gasteiger partial charge in [-0.2, -0.15) is 0 Å². The highest BCUT2D eigenvalue weighted by Gasteiger charge is 2.02. The molecule has 18 heavy (non-hydrogen) atoms. The number of hydrogen-bond donors (Lipinski definition) is 1. The highest BCUT2D eigenvalue weighted by molar-refractivity contribution is 6.20. The molecule has 1 unspecified atom stereocenters. The van der Waals surface area contributed by atoms with E-state index in [0.29, 0.717) is 6.61 Å². The Labute approximate surface area is 114 Å². The molecule has 1 rings (SSSR count). The van der Waals surface area contributed by atoms with Gasteiger partial charge in [0.1, 0.15) is 6.61 Å². The summed E-state index contributed by atoms with van der Waals surface area (Å²) in [6.07, 6.45) is 2.01. The zero-order chi connectivity index (χ0) is 13.2. The van der Waals surface area contributed by atoms with Crippen molar-refractivity contribution in [3.63, 3.8) is 0 Å². The molecule has 4 heteroatoms. The summed E-state index contributed by atoms with van der Waals surface area (Å²) < 4.78 is 10.8. The molecule has 1 aromatic carbocycles. The fourth-order valence-corrected chi connectivity index (χ4v) is 1.67. The maximum absolute atomic E-state index is 6.03. The van der Waals surface area contributed by atoms with Crippen molar-refractivity contribution in [2.45, 2.75) is 25.1 Å². The Kier molecular flexibility index (Phi) is 7.62. The molecule has 0 bridgehead atoms. The van der Waals surface area contributed by atoms with Crippen molar-refractivity contribution in [1.82, 2.24) is 5.32 Å². The maximum Gasteiger partial charge on any atom is 0.161 e. The number of rotatable bonds is 9. The van der Waals surface area contributed by atoms with Crippen molar-refractivity contribution in [2.24, 2.45) is 0 Å². The molecule has 0 aliphatic carbocycles. The van der Waals surface area contributed by atoms with Crippen molar-refractivity contribution in [1.29, 1.82) is 0 Å². The predicted molar refractivity (Wildman–Crippen MR) is 75.9 cm³/mol. The molecule has 0 amide bonds. The van der Waals surface area contributed by atoms with E-state index < -0.39 is 0 Å². The molecule has 0 aromatic heterocycles. The SMILES string of the molecule is CCC(Cl)CCNCCOc1ccccc1OC. The zero-order valence-corrected chi connectivity index (χ0v) is 11.9. The van der Waals surface area contributed by atoms with Crippen LogP contribution in [-0.2, 0) is 0 Å². The van der Waals surface area contributed by atoms with E-state index in [1.54, 1.807) is 7.11 Å². The summed E-state index contributed by atoms with van der Waals surface area (Å²) in [6, 6.07) is 7.66. The number of benzene rings is 1. The van der Waals surface area contributed by atoms with Crippen LogP contribution < -0.4 is 14.8 Å². The third-order valence-corrected chi connectivity index (χ3v) is 3.21. The van der Waals surface area contributed by atoms with Crippen LogP contribution in [0.1, 0.15) is 19.8 Å². The molecule has 1 N–H and O–H groups in total. The first-order valence-corrected chi connectivity index (χ1v) is 6.82. The smallest absolute Gasteiger partial charge is 0.161 e. The first kappa shape index (κ1) is 15.1. The second-order valence-corrected chi connectivity index (χ2v) is 4.66. The lowest BCUT2D eigenvalue weighted by Crippen LogP contribution is -2.23. The Morgan fingerprint density at radius 2 is 1.94 bits per heavy atom. The minimum atomic E-state index is 0.271. The molecular weight excluding hydrogens is 250 g/mol. The van der Waals surface area contributed by atoms with Crippen LogP contribution in [0.2, 0.25) is 0 Å². The quantitative estimate of drug-likeness (QED) is 0.553. The van der Waals surface area contributed by atoms with Gasteiger partial charge in [-0.3, -0.25) is 0 Å². The molecule has 0 fully saturated rings. The van der Waals surface area contributed by atoms with Crippen molar-refractivity contribution < 1.29 is 9.47 Å². The Morgan fingerprint density at radius 3 is 2.61 bits per heavy atom. The molecule has 0 heterocycles. The Bertz CT molecular complexity index is 333. The minimum Gasteiger partial charge on any atom is -0.493 e. The summed E-state index contributed by atoms with van der Waals surface area (Å²) in [5.74, 6) is 1.55. The summed E-state index contributed by atoms with van der Waals surface area (Å²) in [7, 11) is 1.64. The van der Waals surface area contributed by atoms with Gasteiger partial charge in [0, 0.05) is 11.9 Å². The minimum absolute atomic E-state index is 0.271. The standard InChI is InChI=1S/C14H22ClNO2/c1-3-12(15)8-9-16-10-11-18-14-7-5-4-6-13(14)17-2/h4-7,12,16H,3,8-11H2,1-2H3. The number of para-hydroxylation sites is 2. The lowest BCUT2D eigenvalue weighted by atomic mass is 10.2. The van der Waals surface area contributed by atoms with Gasteiger partial charge in [-0.25, -0.2) is 0 Å². The first-order chi connectivity index (χ1) is 8.77. The summed E-state index contributed by atoms with van der Waals surface area (Å²) in [6.45, 7) is 4.46. The molecular formula is C14H22ClNO2. The van der Waals surface area contributed by atoms with Gasteiger partial charge in [0.25, 0.3) is 0 Å². The van der Waals surface area contributed by atoms with Gasteiger partial charge in [-0.15, -0.1) is 11.6 Å². The van der Waals surface area contributed by atoms with Gasteiger partial charge in [-0.1, -0.05) is 19.1 Å². The Hall–Kier alpha value is -0.930. The van der Waals surface area contributed by atoms with Crippen LogP contribution in [0.4, 0.5) is 0 Å². The van der Waals surface area contributed by atoms with Crippen molar-refractivity contribution in [3.05, 3.63) is 24.3 Å². The number of nitrogens with one attached hydrogen (secondary N) is 1. The van der Waals surface area contributed by atoms with Crippen LogP contribution in [0.15, 0.2) is 24.3 Å². The average Bonchev–Trinajstić information content (AvgIpc) is 2.42. The van der Waals surface area contributed by atoms with Crippen molar-refractivity contribution in [2.75, 3.05) is 26.8 Å². The number of halogens is 1. The number of hydrogen-bond acceptors (Lipinski definition) is 3. The fourth-order valence-electron chi connectivity index (χ4n) is 1.56. The van der Waals surface area contributed by atoms with Crippen LogP contribution in [0.3, 0.4) is 0 Å². The van der Waals surface area contributed by atoms with E-state index in [4.69, 9.17) is 21.1 Å². The molecule has 0 saturated heterocycles. The molecule has 0 spiro atoms. The molecule has 1 aromatic rings. The van der Waals surface area contributed by atoms with E-state index in [2.05, 4.69) is 12.2 Å². The van der Waals surface area contributed by atoms with E-state index in [-0.39, 0.29) is 5.38 Å². The lowest BCUT2D eigenvalue weighted by Gasteiger charge is -2.11. The van der Waals surface area contributed by atoms with Crippen molar-refractivity contribution in [3.8, 4) is 11.5 Å². The van der Waals surface area contributed by atoms with Crippen LogP contribution in [-0.4, -0.2) is 32.2 Å². The number of ether oxygens (including phenoxy) is 2. The second kappa shape index (κ2) is 9.06. The molecule has 0 radical (unpaired) electrons. The molecule has 3 nitrogen and oxygen atoms in total. The molecule has 1 atom stereocenters. The largest absolute Gasteiger partial charge is 0.493 e. The molecule has 0 saturated carbocycles. The van der Waals surface area contributed by atoms with Gasteiger partial charge < -0.3 is 14.8 Å². The van der Waals surface area contributed by atoms with Crippen LogP contribution in [0, 0.1) is 0 Å². The second-order valence-electron chi connectivity index (χ2n) is 4.04. The normalized spacial score (nSPS) is 12.2. The predicted octanol–water partition coefficient (Wildman–Crippen LogP) is 3.07. The van der Waals surface area contributed by atoms with Gasteiger partial charge in [-0.05, 0) is 31.5 Å². The topological polar surface area (TPSA) is 30.5 Å². The monoisotopic (exact) mass is 271 g/mol. The van der Waals surface area contributed by atoms with Crippen LogP contribution in [0.5, 0.6) is 11.5 Å². The van der Waals surface area contributed by atoms with E-state index in [1.165, 1.54) is 0 Å². The number of alkyl halides is 1. The van der Waals surface area contributed by atoms with Crippen LogP contribution in [0.25, 0.3) is 0 Å². The van der Waals surface area contributed by atoms with E-state index in [1.807, 2.05) is 24.3 Å². The van der Waals surface area contributed by atoms with Gasteiger partial charge >= 0.3 is 0 Å². The highest BCUT2D eigenvalue weighted by atomic mass is 35.5. The highest BCUT2D eigenvalue weighted by Crippen LogP contribution is 2.25. The fraction of sp³-hybridized carbons (Fsp3) is 0.571. The van der Waals surface area contributed by atoms with E-state index >= 15 is 0 Å². The third-order valence-electron chi connectivity index (χ3n) is 2.68. The average molecular weight is 272 g/mol. The summed E-state index contributed by atoms with van der Waals surface area (Å²) in [5, 5.41) is 3.58. The van der Waals surface area contributed by atoms with Gasteiger partial charge in [0.2, 0.25) is 0 Å². The molecule has 0 aliphatic heterocycles. The van der Waals surface area contributed by atoms with Crippen molar-refractivity contribution >= 4 is 11.6 Å². The Morgan fingerprint density at radius 1 is 1.22 bits per heavy atom. The summed E-state index contributed by atoms with van der Waals surface area (Å²) in [5.41, 5.74) is 0. The number of methoxy groups -OCH3 is 1. The van der Waals surface area contributed by atoms with Gasteiger partial charge in [0.15, 0.2) is 11.5 Å². The Balaban J connectivity index is 2.14. The van der Waals surface area contributed by atoms with Gasteiger partial charge in [0.05, 0.1) is 7.11 Å². The molecule has 0 aliphatic rings. The lowest BCUT2D eigenvalue weighted by molar-refractivity contribution is 0.292. The third kappa shape index (κ3) is 5.61. The first-order valence-electron chi connectivity index (χ1n) is 6.38.